The first-order valence-electron chi connectivity index (χ1n) is 6.53. The molecule has 3 rings (SSSR count). The molecule has 0 atom stereocenters. The zero-order valence-electron chi connectivity index (χ0n) is 11.8. The fourth-order valence-electron chi connectivity index (χ4n) is 2.14. The van der Waals surface area contributed by atoms with Gasteiger partial charge in [-0.05, 0) is 43.7 Å². The lowest BCUT2D eigenvalue weighted by Gasteiger charge is -2.09. The molecule has 6 heteroatoms. The average molecular weight is 281 g/mol. The summed E-state index contributed by atoms with van der Waals surface area (Å²) >= 11 is 0. The molecule has 6 nitrogen and oxygen atoms in total. The Balaban J connectivity index is 1.89. The highest BCUT2D eigenvalue weighted by Crippen LogP contribution is 2.20. The highest BCUT2D eigenvalue weighted by Gasteiger charge is 2.10. The molecule has 0 saturated carbocycles. The Bertz CT molecular complexity index is 837. The molecule has 1 amide bonds. The van der Waals surface area contributed by atoms with Crippen molar-refractivity contribution < 1.29 is 4.79 Å². The SMILES string of the molecule is Cc1ccc(NC(=O)c2ccn3c(C)nnc3c2)c(N)c1. The molecule has 21 heavy (non-hydrogen) atoms. The third kappa shape index (κ3) is 2.43. The number of nitrogens with zero attached hydrogens (tertiary/aromatic N) is 3. The van der Waals surface area contributed by atoms with Crippen molar-refractivity contribution in [1.29, 1.82) is 0 Å². The summed E-state index contributed by atoms with van der Waals surface area (Å²) in [4.78, 5) is 12.3. The standard InChI is InChI=1S/C15H15N5O/c1-9-3-4-13(12(16)7-9)17-15(21)11-5-6-20-10(2)18-19-14(20)8-11/h3-8H,16H2,1-2H3,(H,17,21). The smallest absolute Gasteiger partial charge is 0.255 e. The van der Waals surface area contributed by atoms with E-state index in [1.54, 1.807) is 24.4 Å². The first-order valence-corrected chi connectivity index (χ1v) is 6.53. The predicted octanol–water partition coefficient (Wildman–Crippen LogP) is 2.18. The molecule has 0 radical (unpaired) electrons. The minimum atomic E-state index is -0.228. The molecule has 3 aromatic rings. The van der Waals surface area contributed by atoms with Gasteiger partial charge in [0.15, 0.2) is 5.65 Å². The van der Waals surface area contributed by atoms with Gasteiger partial charge in [-0.3, -0.25) is 9.20 Å². The van der Waals surface area contributed by atoms with Crippen molar-refractivity contribution in [2.45, 2.75) is 13.8 Å². The van der Waals surface area contributed by atoms with Crippen molar-refractivity contribution in [2.75, 3.05) is 11.1 Å². The minimum absolute atomic E-state index is 0.228. The van der Waals surface area contributed by atoms with E-state index in [-0.39, 0.29) is 5.91 Å². The Labute approximate surface area is 121 Å². The Morgan fingerprint density at radius 1 is 1.19 bits per heavy atom. The number of hydrogen-bond acceptors (Lipinski definition) is 4. The number of carbonyl (C=O) groups excluding carboxylic acids is 1. The van der Waals surface area contributed by atoms with E-state index in [9.17, 15) is 4.79 Å². The van der Waals surface area contributed by atoms with Crippen LogP contribution in [0.1, 0.15) is 21.7 Å². The monoisotopic (exact) mass is 281 g/mol. The predicted molar refractivity (Wildman–Crippen MR) is 81.3 cm³/mol. The fraction of sp³-hybridized carbons (Fsp3) is 0.133. The number of pyridine rings is 1. The highest BCUT2D eigenvalue weighted by molar-refractivity contribution is 6.06. The minimum Gasteiger partial charge on any atom is -0.397 e. The van der Waals surface area contributed by atoms with E-state index < -0.39 is 0 Å². The molecule has 0 bridgehead atoms. The molecule has 106 valence electrons. The summed E-state index contributed by atoms with van der Waals surface area (Å²) in [6, 6.07) is 8.93. The van der Waals surface area contributed by atoms with Crippen molar-refractivity contribution in [3.05, 3.63) is 53.5 Å². The molecule has 0 aliphatic rings. The Morgan fingerprint density at radius 2 is 2.00 bits per heavy atom. The number of fused-ring (bicyclic) bond motifs is 1. The van der Waals surface area contributed by atoms with E-state index in [4.69, 9.17) is 5.73 Å². The fourth-order valence-corrected chi connectivity index (χ4v) is 2.14. The largest absolute Gasteiger partial charge is 0.397 e. The van der Waals surface area contributed by atoms with E-state index in [2.05, 4.69) is 15.5 Å². The number of aromatic nitrogens is 3. The van der Waals surface area contributed by atoms with Gasteiger partial charge < -0.3 is 11.1 Å². The van der Waals surface area contributed by atoms with Crippen LogP contribution in [0.2, 0.25) is 0 Å². The van der Waals surface area contributed by atoms with Crippen LogP contribution < -0.4 is 11.1 Å². The number of rotatable bonds is 2. The van der Waals surface area contributed by atoms with Crippen LogP contribution in [0, 0.1) is 13.8 Å². The van der Waals surface area contributed by atoms with Crippen LogP contribution in [0.4, 0.5) is 11.4 Å². The summed E-state index contributed by atoms with van der Waals surface area (Å²) < 4.78 is 1.82. The number of nitrogens with one attached hydrogen (secondary N) is 1. The van der Waals surface area contributed by atoms with Crippen LogP contribution in [0.25, 0.3) is 5.65 Å². The highest BCUT2D eigenvalue weighted by atomic mass is 16.1. The molecule has 2 heterocycles. The van der Waals surface area contributed by atoms with Gasteiger partial charge in [-0.15, -0.1) is 10.2 Å². The van der Waals surface area contributed by atoms with Crippen LogP contribution in [-0.4, -0.2) is 20.5 Å². The number of nitrogens with two attached hydrogens (primary N) is 1. The van der Waals surface area contributed by atoms with Gasteiger partial charge in [0.05, 0.1) is 11.4 Å². The second-order valence-corrected chi connectivity index (χ2v) is 4.94. The molecule has 0 aliphatic heterocycles. The normalized spacial score (nSPS) is 10.8. The number of amides is 1. The molecule has 3 N–H and O–H groups in total. The van der Waals surface area contributed by atoms with E-state index in [0.717, 1.165) is 11.4 Å². The number of nitrogen functional groups attached to an aromatic ring is 1. The maximum absolute atomic E-state index is 12.3. The van der Waals surface area contributed by atoms with Gasteiger partial charge in [-0.1, -0.05) is 6.07 Å². The third-order valence-corrected chi connectivity index (χ3v) is 3.30. The first kappa shape index (κ1) is 13.1. The average Bonchev–Trinajstić information content (AvgIpc) is 2.83. The lowest BCUT2D eigenvalue weighted by atomic mass is 10.2. The number of benzene rings is 1. The van der Waals surface area contributed by atoms with Crippen LogP contribution in [-0.2, 0) is 0 Å². The maximum Gasteiger partial charge on any atom is 0.255 e. The van der Waals surface area contributed by atoms with Crippen LogP contribution in [0.15, 0.2) is 36.5 Å². The molecule has 0 spiro atoms. The second kappa shape index (κ2) is 4.90. The van der Waals surface area contributed by atoms with Crippen molar-refractivity contribution in [2.24, 2.45) is 0 Å². The number of carbonyl (C=O) groups is 1. The Morgan fingerprint density at radius 3 is 2.76 bits per heavy atom. The summed E-state index contributed by atoms with van der Waals surface area (Å²) in [7, 11) is 0. The maximum atomic E-state index is 12.3. The van der Waals surface area contributed by atoms with E-state index in [1.165, 1.54) is 0 Å². The van der Waals surface area contributed by atoms with Crippen molar-refractivity contribution in [3.8, 4) is 0 Å². The topological polar surface area (TPSA) is 85.3 Å². The zero-order valence-corrected chi connectivity index (χ0v) is 11.8. The number of hydrogen-bond donors (Lipinski definition) is 2. The molecule has 0 unspecified atom stereocenters. The van der Waals surface area contributed by atoms with Gasteiger partial charge >= 0.3 is 0 Å². The second-order valence-electron chi connectivity index (χ2n) is 4.94. The number of anilines is 2. The summed E-state index contributed by atoms with van der Waals surface area (Å²) in [6.45, 7) is 3.80. The van der Waals surface area contributed by atoms with Crippen LogP contribution in [0.3, 0.4) is 0 Å². The van der Waals surface area contributed by atoms with Crippen molar-refractivity contribution in [1.82, 2.24) is 14.6 Å². The van der Waals surface area contributed by atoms with Crippen LogP contribution in [0.5, 0.6) is 0 Å². The van der Waals surface area contributed by atoms with E-state index in [1.807, 2.05) is 30.4 Å². The lowest BCUT2D eigenvalue weighted by Crippen LogP contribution is -2.13. The van der Waals surface area contributed by atoms with Crippen molar-refractivity contribution >= 4 is 22.9 Å². The molecule has 1 aromatic carbocycles. The zero-order chi connectivity index (χ0) is 15.0. The molecular formula is C15H15N5O. The van der Waals surface area contributed by atoms with Gasteiger partial charge in [0.25, 0.3) is 5.91 Å². The lowest BCUT2D eigenvalue weighted by molar-refractivity contribution is 0.102. The van der Waals surface area contributed by atoms with Crippen molar-refractivity contribution in [3.63, 3.8) is 0 Å². The molecule has 0 fully saturated rings. The number of aryl methyl sites for hydroxylation is 2. The first-order chi connectivity index (χ1) is 10.0. The summed E-state index contributed by atoms with van der Waals surface area (Å²) in [5.74, 6) is 0.549. The van der Waals surface area contributed by atoms with Gasteiger partial charge in [-0.25, -0.2) is 0 Å². The Kier molecular flexibility index (Phi) is 3.06. The van der Waals surface area contributed by atoms with Gasteiger partial charge in [0, 0.05) is 11.8 Å². The van der Waals surface area contributed by atoms with E-state index in [0.29, 0.717) is 22.6 Å². The molecule has 0 aliphatic carbocycles. The quantitative estimate of drug-likeness (QED) is 0.705. The summed E-state index contributed by atoms with van der Waals surface area (Å²) in [5.41, 5.74) is 9.24. The van der Waals surface area contributed by atoms with E-state index >= 15 is 0 Å². The molecular weight excluding hydrogens is 266 g/mol. The molecule has 0 saturated heterocycles. The van der Waals surface area contributed by atoms with Crippen LogP contribution >= 0.6 is 0 Å². The summed E-state index contributed by atoms with van der Waals surface area (Å²) in [5, 5.41) is 10.8. The van der Waals surface area contributed by atoms with Gasteiger partial charge in [-0.2, -0.15) is 0 Å². The van der Waals surface area contributed by atoms with Gasteiger partial charge in [0.1, 0.15) is 5.82 Å². The third-order valence-electron chi connectivity index (χ3n) is 3.30. The summed E-state index contributed by atoms with van der Waals surface area (Å²) in [6.07, 6.45) is 1.78. The molecule has 2 aromatic heterocycles. The van der Waals surface area contributed by atoms with Gasteiger partial charge in [0.2, 0.25) is 0 Å². The Hall–Kier alpha value is -2.89.